The average Bonchev–Trinajstić information content (AvgIpc) is 2.97. The lowest BCUT2D eigenvalue weighted by atomic mass is 9.47. The quantitative estimate of drug-likeness (QED) is 0.317. The van der Waals surface area contributed by atoms with Crippen molar-refractivity contribution in [2.24, 2.45) is 22.4 Å². The summed E-state index contributed by atoms with van der Waals surface area (Å²) in [6.45, 7) is 12.2. The molecule has 1 aromatic carbocycles. The van der Waals surface area contributed by atoms with Gasteiger partial charge in [-0.1, -0.05) is 24.2 Å². The van der Waals surface area contributed by atoms with Gasteiger partial charge in [0.05, 0.1) is 5.71 Å². The number of hydrogen-bond acceptors (Lipinski definition) is 6. The Morgan fingerprint density at radius 3 is 2.67 bits per heavy atom. The number of fused-ring (bicyclic) bond motifs is 2. The molecule has 6 nitrogen and oxygen atoms in total. The van der Waals surface area contributed by atoms with Crippen molar-refractivity contribution in [1.82, 2.24) is 0 Å². The molecule has 1 saturated carbocycles. The van der Waals surface area contributed by atoms with Gasteiger partial charge in [0.15, 0.2) is 8.32 Å². The average molecular weight is 428 g/mol. The van der Waals surface area contributed by atoms with Crippen LogP contribution in [0.15, 0.2) is 17.3 Å². The number of aryl methyl sites for hydroxylation is 1. The van der Waals surface area contributed by atoms with Gasteiger partial charge in [0, 0.05) is 24.8 Å². The van der Waals surface area contributed by atoms with E-state index in [0.717, 1.165) is 24.0 Å². The summed E-state index contributed by atoms with van der Waals surface area (Å²) in [6, 6.07) is 4.16. The summed E-state index contributed by atoms with van der Waals surface area (Å²) in [5.41, 5.74) is 3.59. The van der Waals surface area contributed by atoms with Crippen molar-refractivity contribution in [3.05, 3.63) is 34.4 Å². The highest BCUT2D eigenvalue weighted by molar-refractivity contribution is 6.69. The molecule has 3 fully saturated rings. The van der Waals surface area contributed by atoms with Gasteiger partial charge < -0.3 is 14.0 Å². The fourth-order valence-corrected chi connectivity index (χ4v) is 8.02. The summed E-state index contributed by atoms with van der Waals surface area (Å²) in [5, 5.41) is 4.23. The molecule has 1 unspecified atom stereocenters. The van der Waals surface area contributed by atoms with Crippen molar-refractivity contribution in [1.29, 1.82) is 0 Å². The number of hydrogen-bond donors (Lipinski definition) is 0. The van der Waals surface area contributed by atoms with Crippen LogP contribution >= 0.6 is 0 Å². The standard InChI is InChI=1S/C23H29NO5Si/c1-12-7-8-15-18(24-28-14(3)25)11-22-13(2)9-19(27-21(22)26)17-10-16(12)20(15)23(17,22)29-30(4,5)6/h7-8,13,17,19H,9-11H2,1-6H3/b24-18-/t13?,17-,19+,22+,23-/m1/s1. The van der Waals surface area contributed by atoms with E-state index in [0.29, 0.717) is 12.1 Å². The Kier molecular flexibility index (Phi) is 4.01. The number of ether oxygens (including phenoxy) is 1. The van der Waals surface area contributed by atoms with Gasteiger partial charge >= 0.3 is 11.9 Å². The van der Waals surface area contributed by atoms with Crippen molar-refractivity contribution < 1.29 is 23.6 Å². The van der Waals surface area contributed by atoms with Crippen LogP contribution in [0.5, 0.6) is 0 Å². The third-order valence-corrected chi connectivity index (χ3v) is 8.47. The van der Waals surface area contributed by atoms with Gasteiger partial charge in [-0.25, -0.2) is 4.79 Å². The molecule has 5 aliphatic rings. The van der Waals surface area contributed by atoms with E-state index in [2.05, 4.69) is 50.8 Å². The summed E-state index contributed by atoms with van der Waals surface area (Å²) >= 11 is 0. The van der Waals surface area contributed by atoms with Gasteiger partial charge in [-0.3, -0.25) is 4.79 Å². The fraction of sp³-hybridized carbons (Fsp3) is 0.609. The first-order chi connectivity index (χ1) is 14.0. The molecule has 30 heavy (non-hydrogen) atoms. The number of benzene rings is 1. The van der Waals surface area contributed by atoms with Crippen LogP contribution in [0, 0.1) is 24.2 Å². The molecule has 6 rings (SSSR count). The molecule has 2 heterocycles. The van der Waals surface area contributed by atoms with Gasteiger partial charge in [0.1, 0.15) is 17.1 Å². The second-order valence-corrected chi connectivity index (χ2v) is 14.8. The predicted octanol–water partition coefficient (Wildman–Crippen LogP) is 3.84. The maximum absolute atomic E-state index is 13.6. The topological polar surface area (TPSA) is 74.2 Å². The molecule has 2 bridgehead atoms. The lowest BCUT2D eigenvalue weighted by Crippen LogP contribution is -2.73. The molecule has 0 amide bonds. The van der Waals surface area contributed by atoms with Crippen molar-refractivity contribution >= 4 is 26.0 Å². The Labute approximate surface area is 178 Å². The second-order valence-electron chi connectivity index (χ2n) is 10.4. The largest absolute Gasteiger partial charge is 0.461 e. The van der Waals surface area contributed by atoms with Crippen LogP contribution in [0.1, 0.15) is 48.9 Å². The number of carbonyl (C=O) groups is 2. The lowest BCUT2D eigenvalue weighted by Gasteiger charge is -2.65. The highest BCUT2D eigenvalue weighted by Crippen LogP contribution is 2.71. The molecule has 1 spiro atoms. The predicted molar refractivity (Wildman–Crippen MR) is 113 cm³/mol. The zero-order valence-electron chi connectivity index (χ0n) is 18.5. The summed E-state index contributed by atoms with van der Waals surface area (Å²) in [7, 11) is -2.05. The first kappa shape index (κ1) is 19.9. The maximum Gasteiger partial charge on any atom is 0.331 e. The Bertz CT molecular complexity index is 1010. The molecule has 3 aliphatic carbocycles. The molecule has 2 saturated heterocycles. The van der Waals surface area contributed by atoms with Gasteiger partial charge in [-0.05, 0) is 62.0 Å². The van der Waals surface area contributed by atoms with Crippen molar-refractivity contribution in [3.8, 4) is 0 Å². The van der Waals surface area contributed by atoms with Crippen LogP contribution < -0.4 is 0 Å². The third kappa shape index (κ3) is 2.30. The van der Waals surface area contributed by atoms with Crippen molar-refractivity contribution in [2.75, 3.05) is 0 Å². The van der Waals surface area contributed by atoms with E-state index in [4.69, 9.17) is 14.0 Å². The number of rotatable bonds is 3. The minimum atomic E-state index is -2.05. The van der Waals surface area contributed by atoms with E-state index < -0.39 is 25.3 Å². The van der Waals surface area contributed by atoms with Crippen LogP contribution in [0.2, 0.25) is 19.6 Å². The first-order valence-corrected chi connectivity index (χ1v) is 14.2. The zero-order chi connectivity index (χ0) is 21.6. The van der Waals surface area contributed by atoms with E-state index in [1.54, 1.807) is 0 Å². The van der Waals surface area contributed by atoms with E-state index in [1.807, 2.05) is 0 Å². The molecule has 0 aromatic heterocycles. The minimum Gasteiger partial charge on any atom is -0.461 e. The van der Waals surface area contributed by atoms with Crippen LogP contribution in [0.4, 0.5) is 0 Å². The molecule has 7 heteroatoms. The summed E-state index contributed by atoms with van der Waals surface area (Å²) < 4.78 is 13.1. The molecule has 0 radical (unpaired) electrons. The molecule has 2 aliphatic heterocycles. The highest BCUT2D eigenvalue weighted by Gasteiger charge is 2.78. The Balaban J connectivity index is 1.87. The van der Waals surface area contributed by atoms with Crippen LogP contribution in [0.3, 0.4) is 0 Å². The van der Waals surface area contributed by atoms with E-state index in [1.165, 1.54) is 18.1 Å². The Morgan fingerprint density at radius 2 is 2.03 bits per heavy atom. The maximum atomic E-state index is 13.6. The SMILES string of the molecule is CC(=O)O/N=C1/C[C@@]23C(=O)O[C@@H](CC2C)[C@H]2Cc4c(C)ccc1c4[C@]23O[Si](C)(C)C. The number of carbonyl (C=O) groups excluding carboxylic acids is 2. The number of oxime groups is 1. The molecule has 0 N–H and O–H groups in total. The molecule has 160 valence electrons. The highest BCUT2D eigenvalue weighted by atomic mass is 28.4. The normalized spacial score (nSPS) is 37.2. The van der Waals surface area contributed by atoms with Gasteiger partial charge in [-0.2, -0.15) is 0 Å². The van der Waals surface area contributed by atoms with Gasteiger partial charge in [-0.15, -0.1) is 0 Å². The second kappa shape index (κ2) is 6.04. The smallest absolute Gasteiger partial charge is 0.331 e. The zero-order valence-corrected chi connectivity index (χ0v) is 19.5. The number of nitrogens with zero attached hydrogens (tertiary/aromatic N) is 1. The lowest BCUT2D eigenvalue weighted by molar-refractivity contribution is -0.263. The van der Waals surface area contributed by atoms with Crippen LogP contribution in [-0.2, 0) is 35.6 Å². The molecule has 5 atom stereocenters. The van der Waals surface area contributed by atoms with Crippen LogP contribution in [0.25, 0.3) is 0 Å². The summed E-state index contributed by atoms with van der Waals surface area (Å²) in [4.78, 5) is 30.2. The van der Waals surface area contributed by atoms with E-state index >= 15 is 0 Å². The molecule has 1 aromatic rings. The van der Waals surface area contributed by atoms with Crippen LogP contribution in [-0.4, -0.2) is 32.1 Å². The minimum absolute atomic E-state index is 0.0819. The van der Waals surface area contributed by atoms with E-state index in [-0.39, 0.29) is 23.9 Å². The Morgan fingerprint density at radius 1 is 1.30 bits per heavy atom. The summed E-state index contributed by atoms with van der Waals surface area (Å²) in [6.07, 6.45) is 1.91. The first-order valence-electron chi connectivity index (χ1n) is 10.8. The van der Waals surface area contributed by atoms with Gasteiger partial charge in [0.2, 0.25) is 0 Å². The molecular weight excluding hydrogens is 398 g/mol. The van der Waals surface area contributed by atoms with Gasteiger partial charge in [0.25, 0.3) is 0 Å². The van der Waals surface area contributed by atoms with Crippen molar-refractivity contribution in [2.45, 2.75) is 71.4 Å². The number of esters is 1. The summed E-state index contributed by atoms with van der Waals surface area (Å²) in [5.74, 6) is -0.460. The monoisotopic (exact) mass is 427 g/mol. The fourth-order valence-electron chi connectivity index (χ4n) is 6.62. The van der Waals surface area contributed by atoms with Crippen molar-refractivity contribution in [3.63, 3.8) is 0 Å². The van der Waals surface area contributed by atoms with E-state index in [9.17, 15) is 9.59 Å². The third-order valence-electron chi connectivity index (χ3n) is 7.53. The Hall–Kier alpha value is -1.99. The molecular formula is C23H29NO5Si.